The molecule has 0 atom stereocenters. The van der Waals surface area contributed by atoms with Gasteiger partial charge in [-0.25, -0.2) is 0 Å². The van der Waals surface area contributed by atoms with Gasteiger partial charge in [0.2, 0.25) is 5.91 Å². The van der Waals surface area contributed by atoms with Crippen LogP contribution in [0.1, 0.15) is 13.3 Å². The molecule has 6 nitrogen and oxygen atoms in total. The molecule has 1 aromatic carbocycles. The Kier molecular flexibility index (Phi) is 5.93. The van der Waals surface area contributed by atoms with Gasteiger partial charge in [-0.2, -0.15) is 0 Å². The van der Waals surface area contributed by atoms with Gasteiger partial charge in [0.1, 0.15) is 13.2 Å². The quantitative estimate of drug-likeness (QED) is 0.642. The third kappa shape index (κ3) is 4.53. The summed E-state index contributed by atoms with van der Waals surface area (Å²) in [5.41, 5.74) is -0.973. The fraction of sp³-hybridized carbons (Fsp3) is 0.533. The van der Waals surface area contributed by atoms with Crippen molar-refractivity contribution >= 4 is 17.7 Å². The van der Waals surface area contributed by atoms with Gasteiger partial charge < -0.3 is 25.0 Å². The second-order valence-electron chi connectivity index (χ2n) is 5.33. The Hall–Kier alpha value is -1.44. The molecule has 122 valence electrons. The molecule has 2 rings (SSSR count). The summed E-state index contributed by atoms with van der Waals surface area (Å²) in [6, 6.07) is 5.70. The van der Waals surface area contributed by atoms with Crippen molar-refractivity contribution in [2.45, 2.75) is 23.8 Å². The maximum atomic E-state index is 11.8. The highest BCUT2D eigenvalue weighted by molar-refractivity contribution is 7.99. The van der Waals surface area contributed by atoms with Crippen LogP contribution in [0.3, 0.4) is 0 Å². The van der Waals surface area contributed by atoms with Gasteiger partial charge >= 0.3 is 0 Å². The van der Waals surface area contributed by atoms with Crippen molar-refractivity contribution in [1.29, 1.82) is 0 Å². The number of hydrogen-bond donors (Lipinski definition) is 3. The van der Waals surface area contributed by atoms with E-state index in [2.05, 4.69) is 5.32 Å². The van der Waals surface area contributed by atoms with Gasteiger partial charge in [0, 0.05) is 17.1 Å². The molecule has 0 bridgehead atoms. The number of ether oxygens (including phenoxy) is 2. The average Bonchev–Trinajstić information content (AvgIpc) is 2.54. The molecule has 0 aliphatic carbocycles. The zero-order valence-corrected chi connectivity index (χ0v) is 13.3. The summed E-state index contributed by atoms with van der Waals surface area (Å²) in [5, 5.41) is 20.9. The SMILES string of the molecule is CC(CO)(CO)NC(=O)CCSc1ccc2c(c1)OCCO2. The van der Waals surface area contributed by atoms with Crippen molar-refractivity contribution in [2.75, 3.05) is 32.2 Å². The van der Waals surface area contributed by atoms with Crippen LogP contribution in [0, 0.1) is 0 Å². The molecular formula is C15H21NO5S. The van der Waals surface area contributed by atoms with Crippen LogP contribution in [0.25, 0.3) is 0 Å². The van der Waals surface area contributed by atoms with Gasteiger partial charge in [0.15, 0.2) is 11.5 Å². The van der Waals surface area contributed by atoms with Crippen LogP contribution in [0.5, 0.6) is 11.5 Å². The summed E-state index contributed by atoms with van der Waals surface area (Å²) >= 11 is 1.54. The molecule has 1 heterocycles. The lowest BCUT2D eigenvalue weighted by Crippen LogP contribution is -2.51. The first kappa shape index (κ1) is 16.9. The summed E-state index contributed by atoms with van der Waals surface area (Å²) < 4.78 is 11.0. The molecule has 0 spiro atoms. The zero-order valence-electron chi connectivity index (χ0n) is 12.5. The van der Waals surface area contributed by atoms with Gasteiger partial charge in [-0.15, -0.1) is 11.8 Å². The summed E-state index contributed by atoms with van der Waals surface area (Å²) in [6.45, 7) is 2.10. The number of hydrogen-bond acceptors (Lipinski definition) is 6. The molecule has 1 aliphatic rings. The number of benzene rings is 1. The number of fused-ring (bicyclic) bond motifs is 1. The topological polar surface area (TPSA) is 88.0 Å². The fourth-order valence-electron chi connectivity index (χ4n) is 1.90. The normalized spacial score (nSPS) is 13.8. The highest BCUT2D eigenvalue weighted by atomic mass is 32.2. The molecule has 0 saturated carbocycles. The van der Waals surface area contributed by atoms with E-state index >= 15 is 0 Å². The number of carbonyl (C=O) groups is 1. The zero-order chi connectivity index (χ0) is 16.0. The molecule has 0 unspecified atom stereocenters. The highest BCUT2D eigenvalue weighted by Gasteiger charge is 2.24. The smallest absolute Gasteiger partial charge is 0.221 e. The molecule has 7 heteroatoms. The minimum Gasteiger partial charge on any atom is -0.486 e. The highest BCUT2D eigenvalue weighted by Crippen LogP contribution is 2.34. The van der Waals surface area contributed by atoms with Crippen LogP contribution in [-0.4, -0.2) is 53.8 Å². The Morgan fingerprint density at radius 2 is 1.95 bits per heavy atom. The molecular weight excluding hydrogens is 306 g/mol. The number of aliphatic hydroxyl groups is 2. The molecule has 1 aliphatic heterocycles. The molecule has 0 fully saturated rings. The lowest BCUT2D eigenvalue weighted by molar-refractivity contribution is -0.123. The monoisotopic (exact) mass is 327 g/mol. The number of thioether (sulfide) groups is 1. The maximum absolute atomic E-state index is 11.8. The largest absolute Gasteiger partial charge is 0.486 e. The third-order valence-electron chi connectivity index (χ3n) is 3.25. The Bertz CT molecular complexity index is 519. The van der Waals surface area contributed by atoms with Crippen molar-refractivity contribution in [2.24, 2.45) is 0 Å². The molecule has 0 saturated heterocycles. The van der Waals surface area contributed by atoms with Crippen molar-refractivity contribution < 1.29 is 24.5 Å². The van der Waals surface area contributed by atoms with Crippen LogP contribution in [-0.2, 0) is 4.79 Å². The number of amides is 1. The van der Waals surface area contributed by atoms with E-state index in [1.54, 1.807) is 18.7 Å². The Morgan fingerprint density at radius 1 is 1.27 bits per heavy atom. The second kappa shape index (κ2) is 7.71. The van der Waals surface area contributed by atoms with Crippen LogP contribution >= 0.6 is 11.8 Å². The summed E-state index contributed by atoms with van der Waals surface area (Å²) in [4.78, 5) is 12.8. The fourth-order valence-corrected chi connectivity index (χ4v) is 2.78. The van der Waals surface area contributed by atoms with E-state index in [0.717, 1.165) is 16.4 Å². The molecule has 1 aromatic rings. The van der Waals surface area contributed by atoms with E-state index in [1.165, 1.54) is 0 Å². The summed E-state index contributed by atoms with van der Waals surface area (Å²) in [5.74, 6) is 1.87. The second-order valence-corrected chi connectivity index (χ2v) is 6.50. The summed E-state index contributed by atoms with van der Waals surface area (Å²) in [7, 11) is 0. The van der Waals surface area contributed by atoms with Crippen LogP contribution in [0.2, 0.25) is 0 Å². The minimum absolute atomic E-state index is 0.198. The molecule has 3 N–H and O–H groups in total. The first-order valence-corrected chi connectivity index (χ1v) is 8.10. The van der Waals surface area contributed by atoms with E-state index < -0.39 is 5.54 Å². The van der Waals surface area contributed by atoms with Crippen molar-refractivity contribution in [1.82, 2.24) is 5.32 Å². The standard InChI is InChI=1S/C15H21NO5S/c1-15(9-17,10-18)16-14(19)4-7-22-11-2-3-12-13(8-11)21-6-5-20-12/h2-3,8,17-18H,4-7,9-10H2,1H3,(H,16,19). The van der Waals surface area contributed by atoms with E-state index in [9.17, 15) is 4.79 Å². The molecule has 1 amide bonds. The molecule has 22 heavy (non-hydrogen) atoms. The minimum atomic E-state index is -0.973. The van der Waals surface area contributed by atoms with Crippen LogP contribution in [0.15, 0.2) is 23.1 Å². The lowest BCUT2D eigenvalue weighted by atomic mass is 10.1. The Labute approximate surface area is 133 Å². The van der Waals surface area contributed by atoms with E-state index in [-0.39, 0.29) is 19.1 Å². The van der Waals surface area contributed by atoms with Crippen LogP contribution in [0.4, 0.5) is 0 Å². The number of rotatable bonds is 7. The van der Waals surface area contributed by atoms with Gasteiger partial charge in [0.05, 0.1) is 18.8 Å². The maximum Gasteiger partial charge on any atom is 0.221 e. The molecule has 0 radical (unpaired) electrons. The molecule has 0 aromatic heterocycles. The average molecular weight is 327 g/mol. The Balaban J connectivity index is 1.80. The van der Waals surface area contributed by atoms with Gasteiger partial charge in [-0.3, -0.25) is 4.79 Å². The van der Waals surface area contributed by atoms with E-state index in [1.807, 2.05) is 18.2 Å². The van der Waals surface area contributed by atoms with E-state index in [0.29, 0.717) is 25.4 Å². The third-order valence-corrected chi connectivity index (χ3v) is 4.25. The number of aliphatic hydroxyl groups excluding tert-OH is 2. The van der Waals surface area contributed by atoms with Crippen molar-refractivity contribution in [3.8, 4) is 11.5 Å². The lowest BCUT2D eigenvalue weighted by Gasteiger charge is -2.26. The van der Waals surface area contributed by atoms with Crippen molar-refractivity contribution in [3.05, 3.63) is 18.2 Å². The predicted octanol–water partition coefficient (Wildman–Crippen LogP) is 0.799. The first-order chi connectivity index (χ1) is 10.6. The Morgan fingerprint density at radius 3 is 2.64 bits per heavy atom. The van der Waals surface area contributed by atoms with Crippen molar-refractivity contribution in [3.63, 3.8) is 0 Å². The first-order valence-electron chi connectivity index (χ1n) is 7.11. The number of carbonyl (C=O) groups excluding carboxylic acids is 1. The predicted molar refractivity (Wildman–Crippen MR) is 83.5 cm³/mol. The summed E-state index contributed by atoms with van der Waals surface area (Å²) in [6.07, 6.45) is 0.300. The van der Waals surface area contributed by atoms with Crippen LogP contribution < -0.4 is 14.8 Å². The van der Waals surface area contributed by atoms with Gasteiger partial charge in [0.25, 0.3) is 0 Å². The number of nitrogens with one attached hydrogen (secondary N) is 1. The van der Waals surface area contributed by atoms with Gasteiger partial charge in [-0.05, 0) is 25.1 Å². The van der Waals surface area contributed by atoms with E-state index in [4.69, 9.17) is 19.7 Å². The van der Waals surface area contributed by atoms with Gasteiger partial charge in [-0.1, -0.05) is 0 Å².